The van der Waals surface area contributed by atoms with E-state index in [0.717, 1.165) is 12.8 Å². The number of carbonyl (C=O) groups excluding carboxylic acids is 2. The highest BCUT2D eigenvalue weighted by Crippen LogP contribution is 2.27. The van der Waals surface area contributed by atoms with Crippen LogP contribution in [-0.2, 0) is 9.53 Å². The maximum absolute atomic E-state index is 12.6. The zero-order valence-corrected chi connectivity index (χ0v) is 13.8. The van der Waals surface area contributed by atoms with Crippen LogP contribution in [0.15, 0.2) is 11.7 Å². The Bertz CT molecular complexity index is 507. The Morgan fingerprint density at radius 3 is 2.71 bits per heavy atom. The Hall–Kier alpha value is -1.43. The molecule has 1 aliphatic heterocycles. The maximum atomic E-state index is 12.6. The lowest BCUT2D eigenvalue weighted by Crippen LogP contribution is -2.53. The quantitative estimate of drug-likeness (QED) is 0.788. The van der Waals surface area contributed by atoms with E-state index in [-0.39, 0.29) is 17.8 Å². The number of thiazole rings is 1. The first kappa shape index (κ1) is 15.9. The van der Waals surface area contributed by atoms with E-state index in [4.69, 9.17) is 4.74 Å². The molecule has 0 saturated carbocycles. The molecular weight excluding hydrogens is 288 g/mol. The average molecular weight is 310 g/mol. The van der Waals surface area contributed by atoms with Crippen molar-refractivity contribution in [2.75, 3.05) is 6.54 Å². The lowest BCUT2D eigenvalue weighted by molar-refractivity contribution is -0.163. The van der Waals surface area contributed by atoms with Crippen LogP contribution in [0.4, 0.5) is 0 Å². The number of esters is 1. The average Bonchev–Trinajstić information content (AvgIpc) is 2.89. The topological polar surface area (TPSA) is 59.5 Å². The van der Waals surface area contributed by atoms with Gasteiger partial charge in [0.25, 0.3) is 5.91 Å². The van der Waals surface area contributed by atoms with E-state index in [2.05, 4.69) is 4.98 Å². The molecule has 1 aromatic heterocycles. The molecule has 2 atom stereocenters. The van der Waals surface area contributed by atoms with Crippen molar-refractivity contribution in [3.8, 4) is 0 Å². The molecule has 0 spiro atoms. The van der Waals surface area contributed by atoms with Gasteiger partial charge in [0.05, 0.1) is 11.7 Å². The van der Waals surface area contributed by atoms with Crippen LogP contribution in [0.5, 0.6) is 0 Å². The van der Waals surface area contributed by atoms with Gasteiger partial charge in [0.2, 0.25) is 0 Å². The second kappa shape index (κ2) is 6.13. The molecule has 2 unspecified atom stereocenters. The maximum Gasteiger partial charge on any atom is 0.329 e. The third-order valence-electron chi connectivity index (χ3n) is 3.49. The van der Waals surface area contributed by atoms with Crippen molar-refractivity contribution in [2.45, 2.75) is 52.2 Å². The zero-order chi connectivity index (χ0) is 15.6. The number of amides is 1. The third-order valence-corrected chi connectivity index (χ3v) is 4.25. The van der Waals surface area contributed by atoms with Crippen LogP contribution in [0.3, 0.4) is 0 Å². The number of ether oxygens (including phenoxy) is 1. The van der Waals surface area contributed by atoms with Crippen LogP contribution in [0, 0.1) is 5.92 Å². The van der Waals surface area contributed by atoms with Crippen LogP contribution in [0.25, 0.3) is 0 Å². The first-order valence-electron chi connectivity index (χ1n) is 7.22. The summed E-state index contributed by atoms with van der Waals surface area (Å²) in [6.45, 7) is 8.11. The molecule has 1 aromatic rings. The van der Waals surface area contributed by atoms with E-state index in [1.165, 1.54) is 11.3 Å². The second-order valence-corrected chi connectivity index (χ2v) is 7.35. The van der Waals surface area contributed by atoms with E-state index in [1.807, 2.05) is 27.7 Å². The lowest BCUT2D eigenvalue weighted by Gasteiger charge is -2.39. The zero-order valence-electron chi connectivity index (χ0n) is 13.0. The van der Waals surface area contributed by atoms with E-state index in [9.17, 15) is 9.59 Å². The Morgan fingerprint density at radius 1 is 1.43 bits per heavy atom. The molecule has 2 rings (SSSR count). The normalized spacial score (nSPS) is 23.0. The number of hydrogen-bond donors (Lipinski definition) is 0. The minimum Gasteiger partial charge on any atom is -0.458 e. The molecule has 0 aliphatic carbocycles. The molecule has 0 bridgehead atoms. The molecule has 0 aromatic carbocycles. The minimum atomic E-state index is -0.548. The summed E-state index contributed by atoms with van der Waals surface area (Å²) in [5, 5.41) is 0. The predicted octanol–water partition coefficient (Wildman–Crippen LogP) is 2.73. The summed E-state index contributed by atoms with van der Waals surface area (Å²) in [7, 11) is 0. The van der Waals surface area contributed by atoms with Crippen LogP contribution >= 0.6 is 11.3 Å². The fourth-order valence-corrected chi connectivity index (χ4v) is 3.18. The van der Waals surface area contributed by atoms with Crippen molar-refractivity contribution < 1.29 is 14.3 Å². The molecule has 5 nitrogen and oxygen atoms in total. The van der Waals surface area contributed by atoms with Gasteiger partial charge in [-0.15, -0.1) is 11.3 Å². The molecule has 116 valence electrons. The largest absolute Gasteiger partial charge is 0.458 e. The summed E-state index contributed by atoms with van der Waals surface area (Å²) >= 11 is 1.30. The molecule has 6 heteroatoms. The van der Waals surface area contributed by atoms with Crippen LogP contribution < -0.4 is 0 Å². The van der Waals surface area contributed by atoms with Gasteiger partial charge in [0, 0.05) is 6.54 Å². The lowest BCUT2D eigenvalue weighted by atomic mass is 9.90. The van der Waals surface area contributed by atoms with E-state index < -0.39 is 11.6 Å². The number of hydrogen-bond acceptors (Lipinski definition) is 5. The molecule has 21 heavy (non-hydrogen) atoms. The SMILES string of the molecule is CC1CCCN(C(=O)c2cncs2)C1C(=O)OC(C)(C)C. The smallest absolute Gasteiger partial charge is 0.329 e. The number of likely N-dealkylation sites (tertiary alicyclic amines) is 1. The van der Waals surface area contributed by atoms with Gasteiger partial charge >= 0.3 is 5.97 Å². The fraction of sp³-hybridized carbons (Fsp3) is 0.667. The van der Waals surface area contributed by atoms with Crippen molar-refractivity contribution in [2.24, 2.45) is 5.92 Å². The number of piperidine rings is 1. The van der Waals surface area contributed by atoms with Gasteiger partial charge in [0.1, 0.15) is 16.5 Å². The van der Waals surface area contributed by atoms with Crippen LogP contribution in [0.2, 0.25) is 0 Å². The Balaban J connectivity index is 2.21. The van der Waals surface area contributed by atoms with Crippen LogP contribution in [0.1, 0.15) is 50.2 Å². The summed E-state index contributed by atoms with van der Waals surface area (Å²) in [5.41, 5.74) is 1.08. The first-order valence-corrected chi connectivity index (χ1v) is 8.10. The number of carbonyl (C=O) groups is 2. The van der Waals surface area contributed by atoms with Gasteiger partial charge in [-0.05, 0) is 39.5 Å². The monoisotopic (exact) mass is 310 g/mol. The minimum absolute atomic E-state index is 0.102. The van der Waals surface area contributed by atoms with Crippen molar-refractivity contribution in [3.05, 3.63) is 16.6 Å². The Kier molecular flexibility index (Phi) is 4.66. The first-order chi connectivity index (χ1) is 9.79. The Morgan fingerprint density at radius 2 is 2.14 bits per heavy atom. The van der Waals surface area contributed by atoms with E-state index >= 15 is 0 Å². The van der Waals surface area contributed by atoms with Crippen molar-refractivity contribution >= 4 is 23.2 Å². The van der Waals surface area contributed by atoms with Gasteiger partial charge in [0.15, 0.2) is 0 Å². The molecule has 1 aliphatic rings. The molecule has 1 amide bonds. The Labute approximate surface area is 129 Å². The third kappa shape index (κ3) is 3.81. The number of nitrogens with zero attached hydrogens (tertiary/aromatic N) is 2. The highest BCUT2D eigenvalue weighted by atomic mass is 32.1. The summed E-state index contributed by atoms with van der Waals surface area (Å²) in [6, 6.07) is -0.507. The highest BCUT2D eigenvalue weighted by Gasteiger charge is 2.40. The highest BCUT2D eigenvalue weighted by molar-refractivity contribution is 7.11. The molecule has 0 N–H and O–H groups in total. The van der Waals surface area contributed by atoms with Crippen molar-refractivity contribution in [1.82, 2.24) is 9.88 Å². The van der Waals surface area contributed by atoms with Gasteiger partial charge in [-0.2, -0.15) is 0 Å². The summed E-state index contributed by atoms with van der Waals surface area (Å²) in [6.07, 6.45) is 3.39. The van der Waals surface area contributed by atoms with Crippen molar-refractivity contribution in [1.29, 1.82) is 0 Å². The predicted molar refractivity (Wildman–Crippen MR) is 81.2 cm³/mol. The second-order valence-electron chi connectivity index (χ2n) is 6.46. The van der Waals surface area contributed by atoms with Crippen LogP contribution in [-0.4, -0.2) is 39.9 Å². The summed E-state index contributed by atoms with van der Waals surface area (Å²) in [4.78, 5) is 31.2. The standard InChI is InChI=1S/C15H22N2O3S/c1-10-6-5-7-17(13(18)11-8-16-9-21-11)12(10)14(19)20-15(2,3)4/h8-10,12H,5-7H2,1-4H3. The van der Waals surface area contributed by atoms with Gasteiger partial charge in [-0.25, -0.2) is 4.79 Å². The number of rotatable bonds is 2. The molecule has 2 heterocycles. The molecular formula is C15H22N2O3S. The number of aromatic nitrogens is 1. The van der Waals surface area contributed by atoms with Gasteiger partial charge in [-0.3, -0.25) is 9.78 Å². The molecule has 1 fully saturated rings. The van der Waals surface area contributed by atoms with Gasteiger partial charge < -0.3 is 9.64 Å². The van der Waals surface area contributed by atoms with Crippen molar-refractivity contribution in [3.63, 3.8) is 0 Å². The van der Waals surface area contributed by atoms with Gasteiger partial charge in [-0.1, -0.05) is 6.92 Å². The fourth-order valence-electron chi connectivity index (χ4n) is 2.60. The molecule has 1 saturated heterocycles. The summed E-state index contributed by atoms with van der Waals surface area (Å²) in [5.74, 6) is -0.335. The molecule has 0 radical (unpaired) electrons. The van der Waals surface area contributed by atoms with E-state index in [1.54, 1.807) is 16.6 Å². The van der Waals surface area contributed by atoms with E-state index in [0.29, 0.717) is 11.4 Å². The summed E-state index contributed by atoms with van der Waals surface area (Å²) < 4.78 is 5.50.